The summed E-state index contributed by atoms with van der Waals surface area (Å²) in [5.41, 5.74) is 0. The molecule has 0 saturated heterocycles. The van der Waals surface area contributed by atoms with Gasteiger partial charge in [-0.25, -0.2) is 4.57 Å². The first-order valence-electron chi connectivity index (χ1n) is 4.87. The molecule has 0 unspecified atom stereocenters. The minimum atomic E-state index is -4.25. The van der Waals surface area contributed by atoms with Crippen LogP contribution in [0.4, 0.5) is 0 Å². The summed E-state index contributed by atoms with van der Waals surface area (Å²) in [7, 11) is -4.25. The van der Waals surface area contributed by atoms with Gasteiger partial charge in [0.05, 0.1) is 6.61 Å². The van der Waals surface area contributed by atoms with Crippen LogP contribution in [0.15, 0.2) is 12.7 Å². The van der Waals surface area contributed by atoms with Gasteiger partial charge in [0.25, 0.3) is 0 Å². The fourth-order valence-electron chi connectivity index (χ4n) is 1.10. The van der Waals surface area contributed by atoms with Crippen LogP contribution in [0, 0.1) is 0 Å². The largest absolute Gasteiger partial charge is 0.469 e. The third kappa shape index (κ3) is 11.8. The Labute approximate surface area is 85.2 Å². The molecule has 0 saturated carbocycles. The van der Waals surface area contributed by atoms with Crippen molar-refractivity contribution in [2.45, 2.75) is 38.5 Å². The highest BCUT2D eigenvalue weighted by atomic mass is 31.2. The normalized spacial score (nSPS) is 11.6. The Morgan fingerprint density at radius 3 is 2.29 bits per heavy atom. The standard InChI is InChI=1S/C9H19O4P/c1-2-3-4-5-6-7-8-9-13-14(10,11)12/h2H,1,3-9H2,(H2,10,11,12). The first-order valence-corrected chi connectivity index (χ1v) is 6.40. The molecule has 0 fully saturated rings. The molecule has 0 spiro atoms. The molecule has 0 aromatic heterocycles. The van der Waals surface area contributed by atoms with Crippen LogP contribution >= 0.6 is 7.82 Å². The Morgan fingerprint density at radius 2 is 1.71 bits per heavy atom. The molecule has 0 aromatic carbocycles. The zero-order valence-electron chi connectivity index (χ0n) is 8.39. The van der Waals surface area contributed by atoms with Crippen molar-refractivity contribution in [3.8, 4) is 0 Å². The molecule has 0 amide bonds. The molecule has 0 aliphatic rings. The lowest BCUT2D eigenvalue weighted by molar-refractivity contribution is 0.193. The van der Waals surface area contributed by atoms with Gasteiger partial charge in [-0.1, -0.05) is 25.3 Å². The SMILES string of the molecule is C=CCCCCCCCOP(=O)(O)O. The molecule has 0 heterocycles. The van der Waals surface area contributed by atoms with Crippen LogP contribution in [0.1, 0.15) is 38.5 Å². The summed E-state index contributed by atoms with van der Waals surface area (Å²) >= 11 is 0. The first-order chi connectivity index (χ1) is 6.56. The summed E-state index contributed by atoms with van der Waals surface area (Å²) in [6, 6.07) is 0. The molecule has 84 valence electrons. The van der Waals surface area contributed by atoms with Crippen LogP contribution in [0.3, 0.4) is 0 Å². The predicted octanol–water partition coefficient (Wildman–Crippen LogP) is 2.62. The van der Waals surface area contributed by atoms with Crippen LogP contribution in [0.25, 0.3) is 0 Å². The highest BCUT2D eigenvalue weighted by Crippen LogP contribution is 2.35. The van der Waals surface area contributed by atoms with E-state index in [-0.39, 0.29) is 6.61 Å². The second-order valence-electron chi connectivity index (χ2n) is 3.17. The molecule has 0 radical (unpaired) electrons. The van der Waals surface area contributed by atoms with Crippen molar-refractivity contribution >= 4 is 7.82 Å². The van der Waals surface area contributed by atoms with Crippen molar-refractivity contribution in [1.82, 2.24) is 0 Å². The zero-order chi connectivity index (χ0) is 10.9. The van der Waals surface area contributed by atoms with Crippen molar-refractivity contribution in [3.05, 3.63) is 12.7 Å². The number of phosphoric ester groups is 1. The van der Waals surface area contributed by atoms with Crippen LogP contribution < -0.4 is 0 Å². The van der Waals surface area contributed by atoms with Crippen molar-refractivity contribution in [2.75, 3.05) is 6.61 Å². The highest BCUT2D eigenvalue weighted by molar-refractivity contribution is 7.46. The first kappa shape index (κ1) is 13.8. The van der Waals surface area contributed by atoms with E-state index < -0.39 is 7.82 Å². The van der Waals surface area contributed by atoms with E-state index in [1.54, 1.807) is 0 Å². The van der Waals surface area contributed by atoms with Crippen LogP contribution in [-0.2, 0) is 9.09 Å². The Kier molecular flexibility index (Phi) is 8.09. The van der Waals surface area contributed by atoms with Gasteiger partial charge in [0.15, 0.2) is 0 Å². The second-order valence-corrected chi connectivity index (χ2v) is 4.41. The maximum Gasteiger partial charge on any atom is 0.469 e. The van der Waals surface area contributed by atoms with Gasteiger partial charge in [0.1, 0.15) is 0 Å². The van der Waals surface area contributed by atoms with Gasteiger partial charge in [0.2, 0.25) is 0 Å². The maximum absolute atomic E-state index is 10.3. The molecule has 0 aliphatic carbocycles. The summed E-state index contributed by atoms with van der Waals surface area (Å²) in [5, 5.41) is 0. The summed E-state index contributed by atoms with van der Waals surface area (Å²) in [6.07, 6.45) is 7.97. The van der Waals surface area contributed by atoms with Gasteiger partial charge >= 0.3 is 7.82 Å². The van der Waals surface area contributed by atoms with Gasteiger partial charge in [-0.2, -0.15) is 0 Å². The highest BCUT2D eigenvalue weighted by Gasteiger charge is 2.12. The van der Waals surface area contributed by atoms with Crippen molar-refractivity contribution in [2.24, 2.45) is 0 Å². The molecular formula is C9H19O4P. The monoisotopic (exact) mass is 222 g/mol. The molecule has 2 N–H and O–H groups in total. The number of allylic oxidation sites excluding steroid dienone is 1. The number of hydrogen-bond acceptors (Lipinski definition) is 2. The maximum atomic E-state index is 10.3. The number of unbranched alkanes of at least 4 members (excludes halogenated alkanes) is 5. The van der Waals surface area contributed by atoms with Gasteiger partial charge in [-0.05, 0) is 19.3 Å². The van der Waals surface area contributed by atoms with E-state index in [0.717, 1.165) is 32.1 Å². The predicted molar refractivity (Wildman–Crippen MR) is 55.9 cm³/mol. The molecule has 0 aromatic rings. The number of phosphoric acid groups is 1. The third-order valence-corrected chi connectivity index (χ3v) is 2.33. The molecule has 0 aliphatic heterocycles. The average Bonchev–Trinajstić information content (AvgIpc) is 2.08. The molecule has 0 rings (SSSR count). The van der Waals surface area contributed by atoms with E-state index in [0.29, 0.717) is 6.42 Å². The summed E-state index contributed by atoms with van der Waals surface area (Å²) in [6.45, 7) is 3.77. The van der Waals surface area contributed by atoms with E-state index in [1.165, 1.54) is 0 Å². The second kappa shape index (κ2) is 8.18. The number of hydrogen-bond donors (Lipinski definition) is 2. The van der Waals surface area contributed by atoms with Gasteiger partial charge in [0, 0.05) is 0 Å². The van der Waals surface area contributed by atoms with E-state index in [4.69, 9.17) is 9.79 Å². The van der Waals surface area contributed by atoms with E-state index in [9.17, 15) is 4.57 Å². The Bertz CT molecular complexity index is 187. The van der Waals surface area contributed by atoms with Crippen LogP contribution in [0.2, 0.25) is 0 Å². The van der Waals surface area contributed by atoms with Gasteiger partial charge in [-0.15, -0.1) is 6.58 Å². The molecular weight excluding hydrogens is 203 g/mol. The summed E-state index contributed by atoms with van der Waals surface area (Å²) in [5.74, 6) is 0. The van der Waals surface area contributed by atoms with Crippen molar-refractivity contribution in [3.63, 3.8) is 0 Å². The van der Waals surface area contributed by atoms with Crippen molar-refractivity contribution < 1.29 is 18.9 Å². The third-order valence-electron chi connectivity index (χ3n) is 1.81. The summed E-state index contributed by atoms with van der Waals surface area (Å²) in [4.78, 5) is 16.7. The molecule has 4 nitrogen and oxygen atoms in total. The Hall–Kier alpha value is -0.150. The fraction of sp³-hybridized carbons (Fsp3) is 0.778. The van der Waals surface area contributed by atoms with Gasteiger partial charge in [-0.3, -0.25) is 4.52 Å². The lowest BCUT2D eigenvalue weighted by atomic mass is 10.1. The van der Waals surface area contributed by atoms with E-state index in [2.05, 4.69) is 11.1 Å². The van der Waals surface area contributed by atoms with E-state index in [1.807, 2.05) is 6.08 Å². The Morgan fingerprint density at radius 1 is 1.14 bits per heavy atom. The molecule has 0 bridgehead atoms. The minimum absolute atomic E-state index is 0.145. The quantitative estimate of drug-likeness (QED) is 0.357. The lowest BCUT2D eigenvalue weighted by Crippen LogP contribution is -1.92. The lowest BCUT2D eigenvalue weighted by Gasteiger charge is -2.04. The van der Waals surface area contributed by atoms with E-state index >= 15 is 0 Å². The minimum Gasteiger partial charge on any atom is -0.303 e. The summed E-state index contributed by atoms with van der Waals surface area (Å²) < 4.78 is 14.6. The number of rotatable bonds is 9. The van der Waals surface area contributed by atoms with Crippen molar-refractivity contribution in [1.29, 1.82) is 0 Å². The smallest absolute Gasteiger partial charge is 0.303 e. The molecule has 5 heteroatoms. The fourth-order valence-corrected chi connectivity index (χ4v) is 1.47. The van der Waals surface area contributed by atoms with Gasteiger partial charge < -0.3 is 9.79 Å². The molecule has 14 heavy (non-hydrogen) atoms. The van der Waals surface area contributed by atoms with Crippen LogP contribution in [0.5, 0.6) is 0 Å². The average molecular weight is 222 g/mol. The topological polar surface area (TPSA) is 66.8 Å². The van der Waals surface area contributed by atoms with Crippen LogP contribution in [-0.4, -0.2) is 16.4 Å². The molecule has 0 atom stereocenters. The Balaban J connectivity index is 3.07. The zero-order valence-corrected chi connectivity index (χ0v) is 9.29.